The van der Waals surface area contributed by atoms with Crippen molar-refractivity contribution in [2.45, 2.75) is 51.0 Å². The molecule has 0 aromatic carbocycles. The van der Waals surface area contributed by atoms with E-state index in [-0.39, 0.29) is 5.54 Å². The van der Waals surface area contributed by atoms with E-state index in [4.69, 9.17) is 9.97 Å². The molecule has 2 aliphatic rings. The highest BCUT2D eigenvalue weighted by atomic mass is 15.3. The van der Waals surface area contributed by atoms with Gasteiger partial charge < -0.3 is 20.1 Å². The van der Waals surface area contributed by atoms with Gasteiger partial charge in [-0.25, -0.2) is 0 Å². The first-order chi connectivity index (χ1) is 12.1. The molecule has 25 heavy (non-hydrogen) atoms. The Balaban J connectivity index is 1.65. The molecule has 1 aliphatic carbocycles. The number of hydrogen-bond acceptors (Lipinski definition) is 5. The number of hydrogen-bond donors (Lipinski definition) is 2. The van der Waals surface area contributed by atoms with E-state index >= 15 is 0 Å². The molecule has 0 spiro atoms. The second kappa shape index (κ2) is 6.48. The van der Waals surface area contributed by atoms with Crippen LogP contribution in [0.25, 0.3) is 11.0 Å². The van der Waals surface area contributed by atoms with Gasteiger partial charge in [-0.05, 0) is 52.8 Å². The highest BCUT2D eigenvalue weighted by molar-refractivity contribution is 5.89. The fraction of sp³-hybridized carbons (Fsp3) is 0.684. The van der Waals surface area contributed by atoms with Crippen molar-refractivity contribution in [3.8, 4) is 0 Å². The molecule has 2 aromatic heterocycles. The average Bonchev–Trinajstić information content (AvgIpc) is 3.32. The highest BCUT2D eigenvalue weighted by Gasteiger charge is 2.36. The van der Waals surface area contributed by atoms with Gasteiger partial charge in [0, 0.05) is 30.9 Å². The zero-order valence-corrected chi connectivity index (χ0v) is 15.7. The second-order valence-electron chi connectivity index (χ2n) is 7.96. The van der Waals surface area contributed by atoms with Crippen LogP contribution >= 0.6 is 0 Å². The lowest BCUT2D eigenvalue weighted by atomic mass is 9.96. The molecule has 0 atom stereocenters. The molecule has 1 aliphatic heterocycles. The lowest BCUT2D eigenvalue weighted by Crippen LogP contribution is -2.47. The Hall–Kier alpha value is -1.82. The Morgan fingerprint density at radius 2 is 1.88 bits per heavy atom. The number of nitrogens with one attached hydrogen (secondary N) is 2. The smallest absolute Gasteiger partial charge is 0.229 e. The summed E-state index contributed by atoms with van der Waals surface area (Å²) >= 11 is 0. The van der Waals surface area contributed by atoms with Crippen molar-refractivity contribution in [2.24, 2.45) is 0 Å². The number of aromatic nitrogens is 3. The van der Waals surface area contributed by atoms with Gasteiger partial charge in [0.15, 0.2) is 0 Å². The second-order valence-corrected chi connectivity index (χ2v) is 7.96. The molecular weight excluding hydrogens is 312 g/mol. The Kier molecular flexibility index (Phi) is 4.31. The first-order valence-electron chi connectivity index (χ1n) is 9.61. The summed E-state index contributed by atoms with van der Waals surface area (Å²) in [5, 5.41) is 4.79. The van der Waals surface area contributed by atoms with E-state index in [1.54, 1.807) is 0 Å². The number of anilines is 2. The maximum absolute atomic E-state index is 4.91. The first-order valence-corrected chi connectivity index (χ1v) is 9.61. The van der Waals surface area contributed by atoms with Gasteiger partial charge in [-0.1, -0.05) is 12.8 Å². The minimum atomic E-state index is 0.246. The fourth-order valence-corrected chi connectivity index (χ4v) is 4.39. The molecule has 1 saturated heterocycles. The summed E-state index contributed by atoms with van der Waals surface area (Å²) in [6.45, 7) is 5.15. The zero-order chi connectivity index (χ0) is 17.4. The maximum Gasteiger partial charge on any atom is 0.229 e. The molecule has 0 amide bonds. The lowest BCUT2D eigenvalue weighted by Gasteiger charge is -2.36. The summed E-state index contributed by atoms with van der Waals surface area (Å²) in [5.41, 5.74) is 2.33. The summed E-state index contributed by atoms with van der Waals surface area (Å²) in [5.74, 6) is 1.84. The molecule has 6 nitrogen and oxygen atoms in total. The fourth-order valence-electron chi connectivity index (χ4n) is 4.39. The third kappa shape index (κ3) is 3.08. The maximum atomic E-state index is 4.91. The van der Waals surface area contributed by atoms with Crippen LogP contribution < -0.4 is 10.2 Å². The number of aryl methyl sites for hydroxylation is 1. The van der Waals surface area contributed by atoms with Gasteiger partial charge in [0.25, 0.3) is 0 Å². The molecule has 2 fully saturated rings. The van der Waals surface area contributed by atoms with Gasteiger partial charge in [-0.3, -0.25) is 0 Å². The van der Waals surface area contributed by atoms with E-state index in [1.807, 2.05) is 0 Å². The number of likely N-dealkylation sites (N-methyl/N-ethyl adjacent to an activating group) is 1. The molecule has 3 heterocycles. The number of H-pyrrole nitrogens is 1. The van der Waals surface area contributed by atoms with Gasteiger partial charge in [0.05, 0.1) is 5.39 Å². The third-order valence-electron chi connectivity index (χ3n) is 6.07. The Bertz CT molecular complexity index is 738. The molecule has 0 radical (unpaired) electrons. The Labute approximate surface area is 150 Å². The van der Waals surface area contributed by atoms with Crippen LogP contribution in [0.5, 0.6) is 0 Å². The van der Waals surface area contributed by atoms with Crippen LogP contribution in [-0.4, -0.2) is 59.1 Å². The predicted octanol–water partition coefficient (Wildman–Crippen LogP) is 3.15. The van der Waals surface area contributed by atoms with E-state index in [2.05, 4.69) is 47.2 Å². The molecule has 2 N–H and O–H groups in total. The molecule has 6 heteroatoms. The quantitative estimate of drug-likeness (QED) is 0.874. The minimum Gasteiger partial charge on any atom is -0.367 e. The van der Waals surface area contributed by atoms with Gasteiger partial charge in [-0.15, -0.1) is 0 Å². The molecule has 1 saturated carbocycles. The third-order valence-corrected chi connectivity index (χ3v) is 6.07. The largest absolute Gasteiger partial charge is 0.367 e. The predicted molar refractivity (Wildman–Crippen MR) is 103 cm³/mol. The Morgan fingerprint density at radius 3 is 2.56 bits per heavy atom. The normalized spacial score (nSPS) is 20.1. The van der Waals surface area contributed by atoms with Crippen LogP contribution in [0.4, 0.5) is 11.8 Å². The number of nitrogens with zero attached hydrogens (tertiary/aromatic N) is 4. The van der Waals surface area contributed by atoms with Crippen LogP contribution in [0.3, 0.4) is 0 Å². The summed E-state index contributed by atoms with van der Waals surface area (Å²) in [6, 6.07) is 2.16. The van der Waals surface area contributed by atoms with Crippen molar-refractivity contribution in [2.75, 3.05) is 43.9 Å². The number of fused-ring (bicyclic) bond motifs is 1. The van der Waals surface area contributed by atoms with Gasteiger partial charge in [0.2, 0.25) is 5.95 Å². The SMILES string of the molecule is Cc1cc2c(NCC3(N(C)C)CCCC3)nc(N3CCCC3)nc2[nH]1. The van der Waals surface area contributed by atoms with Crippen molar-refractivity contribution in [3.63, 3.8) is 0 Å². The topological polar surface area (TPSA) is 60.1 Å². The van der Waals surface area contributed by atoms with Crippen LogP contribution in [0.1, 0.15) is 44.2 Å². The van der Waals surface area contributed by atoms with Gasteiger partial charge in [0.1, 0.15) is 11.5 Å². The minimum absolute atomic E-state index is 0.246. The van der Waals surface area contributed by atoms with Crippen molar-refractivity contribution < 1.29 is 0 Å². The summed E-state index contributed by atoms with van der Waals surface area (Å²) < 4.78 is 0. The van der Waals surface area contributed by atoms with Crippen molar-refractivity contribution >= 4 is 22.8 Å². The van der Waals surface area contributed by atoms with Crippen LogP contribution in [0.2, 0.25) is 0 Å². The van der Waals surface area contributed by atoms with Gasteiger partial charge in [-0.2, -0.15) is 9.97 Å². The monoisotopic (exact) mass is 342 g/mol. The Morgan fingerprint density at radius 1 is 1.16 bits per heavy atom. The molecule has 4 rings (SSSR count). The molecular formula is C19H30N6. The molecule has 0 bridgehead atoms. The van der Waals surface area contributed by atoms with E-state index in [9.17, 15) is 0 Å². The first kappa shape index (κ1) is 16.6. The summed E-state index contributed by atoms with van der Waals surface area (Å²) in [7, 11) is 4.41. The van der Waals surface area contributed by atoms with E-state index in [1.165, 1.54) is 38.5 Å². The molecule has 0 unspecified atom stereocenters. The molecule has 136 valence electrons. The summed E-state index contributed by atoms with van der Waals surface area (Å²) in [4.78, 5) is 17.8. The van der Waals surface area contributed by atoms with Crippen molar-refractivity contribution in [3.05, 3.63) is 11.8 Å². The van der Waals surface area contributed by atoms with Crippen LogP contribution in [-0.2, 0) is 0 Å². The van der Waals surface area contributed by atoms with E-state index in [0.29, 0.717) is 0 Å². The zero-order valence-electron chi connectivity index (χ0n) is 15.7. The standard InChI is InChI=1S/C19H30N6/c1-14-12-15-16(20-13-19(24(2)3)8-4-5-9-19)22-18(23-17(15)21-14)25-10-6-7-11-25/h12H,4-11,13H2,1-3H3,(H2,20,21,22,23). The summed E-state index contributed by atoms with van der Waals surface area (Å²) in [6.07, 6.45) is 7.62. The molecule has 2 aromatic rings. The number of rotatable bonds is 5. The van der Waals surface area contributed by atoms with Crippen molar-refractivity contribution in [1.82, 2.24) is 19.9 Å². The van der Waals surface area contributed by atoms with Crippen LogP contribution in [0.15, 0.2) is 6.07 Å². The van der Waals surface area contributed by atoms with E-state index in [0.717, 1.165) is 48.1 Å². The van der Waals surface area contributed by atoms with Gasteiger partial charge >= 0.3 is 0 Å². The lowest BCUT2D eigenvalue weighted by molar-refractivity contribution is 0.172. The average molecular weight is 342 g/mol. The van der Waals surface area contributed by atoms with E-state index < -0.39 is 0 Å². The number of aromatic amines is 1. The van der Waals surface area contributed by atoms with Crippen molar-refractivity contribution in [1.29, 1.82) is 0 Å². The van der Waals surface area contributed by atoms with Crippen LogP contribution in [0, 0.1) is 6.92 Å². The highest BCUT2D eigenvalue weighted by Crippen LogP contribution is 2.34.